The number of nitrogens with zero attached hydrogens (tertiary/aromatic N) is 1. The maximum Gasteiger partial charge on any atom is 0.323 e. The molecule has 1 atom stereocenters. The molecular formula is C11H13N3O3. The number of nitrogens with one attached hydrogen (secondary N) is 1. The number of fused-ring (bicyclic) bond motifs is 1. The van der Waals surface area contributed by atoms with Crippen molar-refractivity contribution in [2.75, 3.05) is 0 Å². The molecule has 2 aromatic rings. The highest BCUT2D eigenvalue weighted by atomic mass is 16.4. The van der Waals surface area contributed by atoms with Gasteiger partial charge in [-0.05, 0) is 18.6 Å². The van der Waals surface area contributed by atoms with E-state index in [1.165, 1.54) is 13.3 Å². The van der Waals surface area contributed by atoms with Crippen molar-refractivity contribution < 1.29 is 15.0 Å². The van der Waals surface area contributed by atoms with Crippen molar-refractivity contribution >= 4 is 17.0 Å². The van der Waals surface area contributed by atoms with E-state index in [1.54, 1.807) is 12.1 Å². The Morgan fingerprint density at radius 1 is 1.59 bits per heavy atom. The van der Waals surface area contributed by atoms with Crippen LogP contribution in [0.1, 0.15) is 12.5 Å². The van der Waals surface area contributed by atoms with Gasteiger partial charge in [0.2, 0.25) is 0 Å². The number of aliphatic carboxylic acids is 1. The number of aromatic amines is 1. The smallest absolute Gasteiger partial charge is 0.323 e. The first kappa shape index (κ1) is 11.4. The second-order valence-corrected chi connectivity index (χ2v) is 4.27. The summed E-state index contributed by atoms with van der Waals surface area (Å²) in [7, 11) is 0. The molecule has 6 nitrogen and oxygen atoms in total. The van der Waals surface area contributed by atoms with Gasteiger partial charge in [0.25, 0.3) is 0 Å². The van der Waals surface area contributed by atoms with Crippen molar-refractivity contribution in [1.29, 1.82) is 0 Å². The molecule has 90 valence electrons. The van der Waals surface area contributed by atoms with Crippen molar-refractivity contribution in [2.24, 2.45) is 5.73 Å². The summed E-state index contributed by atoms with van der Waals surface area (Å²) in [4.78, 5) is 17.7. The van der Waals surface area contributed by atoms with E-state index >= 15 is 0 Å². The minimum Gasteiger partial charge on any atom is -0.505 e. The minimum absolute atomic E-state index is 0.0262. The zero-order valence-electron chi connectivity index (χ0n) is 9.27. The molecule has 0 spiro atoms. The summed E-state index contributed by atoms with van der Waals surface area (Å²) in [6.45, 7) is 1.41. The summed E-state index contributed by atoms with van der Waals surface area (Å²) in [5.41, 5.74) is 5.81. The van der Waals surface area contributed by atoms with Gasteiger partial charge in [-0.15, -0.1) is 0 Å². The standard InChI is InChI=1S/C11H13N3O3/c1-11(12,10(16)17)4-6-2-3-7-8(9(6)15)14-5-13-7/h2-3,5,15H,4,12H2,1H3,(H,13,14)(H,16,17)/t11-/m0/s1. The van der Waals surface area contributed by atoms with Crippen LogP contribution in [0, 0.1) is 0 Å². The van der Waals surface area contributed by atoms with Crippen LogP contribution in [0.25, 0.3) is 11.0 Å². The maximum absolute atomic E-state index is 10.9. The normalized spacial score (nSPS) is 14.7. The Balaban J connectivity index is 2.43. The fourth-order valence-corrected chi connectivity index (χ4v) is 1.65. The average Bonchev–Trinajstić information content (AvgIpc) is 2.70. The molecule has 6 heteroatoms. The van der Waals surface area contributed by atoms with Crippen molar-refractivity contribution in [1.82, 2.24) is 9.97 Å². The highest BCUT2D eigenvalue weighted by Crippen LogP contribution is 2.28. The summed E-state index contributed by atoms with van der Waals surface area (Å²) in [5.74, 6) is -1.14. The SMILES string of the molecule is C[C@](N)(Cc1ccc2[nH]cnc2c1O)C(=O)O. The molecule has 0 unspecified atom stereocenters. The van der Waals surface area contributed by atoms with E-state index in [0.29, 0.717) is 16.6 Å². The number of H-pyrrole nitrogens is 1. The second-order valence-electron chi connectivity index (χ2n) is 4.27. The Hall–Kier alpha value is -2.08. The monoisotopic (exact) mass is 235 g/mol. The summed E-state index contributed by atoms with van der Waals surface area (Å²) in [5, 5.41) is 18.9. The average molecular weight is 235 g/mol. The number of hydrogen-bond acceptors (Lipinski definition) is 4. The van der Waals surface area contributed by atoms with Crippen LogP contribution in [0.2, 0.25) is 0 Å². The van der Waals surface area contributed by atoms with E-state index in [-0.39, 0.29) is 12.2 Å². The fourth-order valence-electron chi connectivity index (χ4n) is 1.65. The fraction of sp³-hybridized carbons (Fsp3) is 0.273. The Morgan fingerprint density at radius 2 is 2.29 bits per heavy atom. The molecule has 2 rings (SSSR count). The van der Waals surface area contributed by atoms with Crippen LogP contribution in [0.15, 0.2) is 18.5 Å². The van der Waals surface area contributed by atoms with E-state index in [9.17, 15) is 9.90 Å². The third-order valence-electron chi connectivity index (χ3n) is 2.69. The molecule has 0 aliphatic carbocycles. The first-order valence-electron chi connectivity index (χ1n) is 5.08. The molecule has 1 heterocycles. The number of rotatable bonds is 3. The number of nitrogens with two attached hydrogens (primary N) is 1. The zero-order chi connectivity index (χ0) is 12.6. The molecule has 0 saturated heterocycles. The van der Waals surface area contributed by atoms with Crippen LogP contribution in [0.3, 0.4) is 0 Å². The van der Waals surface area contributed by atoms with Gasteiger partial charge in [0.05, 0.1) is 11.8 Å². The number of hydrogen-bond donors (Lipinski definition) is 4. The Labute approximate surface area is 97.1 Å². The lowest BCUT2D eigenvalue weighted by Gasteiger charge is -2.19. The van der Waals surface area contributed by atoms with Gasteiger partial charge in [-0.1, -0.05) is 6.07 Å². The number of carbonyl (C=O) groups is 1. The van der Waals surface area contributed by atoms with Crippen LogP contribution >= 0.6 is 0 Å². The Morgan fingerprint density at radius 3 is 2.94 bits per heavy atom. The molecule has 0 fully saturated rings. The van der Waals surface area contributed by atoms with Gasteiger partial charge in [-0.3, -0.25) is 4.79 Å². The van der Waals surface area contributed by atoms with Gasteiger partial charge >= 0.3 is 5.97 Å². The summed E-state index contributed by atoms with van der Waals surface area (Å²) >= 11 is 0. The number of phenolic OH excluding ortho intramolecular Hbond substituents is 1. The molecule has 17 heavy (non-hydrogen) atoms. The van der Waals surface area contributed by atoms with Crippen molar-refractivity contribution in [3.05, 3.63) is 24.0 Å². The van der Waals surface area contributed by atoms with E-state index in [0.717, 1.165) is 0 Å². The zero-order valence-corrected chi connectivity index (χ0v) is 9.27. The minimum atomic E-state index is -1.42. The van der Waals surface area contributed by atoms with Crippen LogP contribution in [-0.4, -0.2) is 31.7 Å². The molecule has 0 aliphatic heterocycles. The molecule has 0 radical (unpaired) electrons. The summed E-state index contributed by atoms with van der Waals surface area (Å²) < 4.78 is 0. The van der Waals surface area contributed by atoms with Gasteiger partial charge in [0.1, 0.15) is 16.8 Å². The molecule has 5 N–H and O–H groups in total. The Bertz CT molecular complexity index is 574. The topological polar surface area (TPSA) is 112 Å². The van der Waals surface area contributed by atoms with E-state index < -0.39 is 11.5 Å². The number of carboxylic acids is 1. The number of phenols is 1. The molecular weight excluding hydrogens is 222 g/mol. The van der Waals surface area contributed by atoms with Gasteiger partial charge < -0.3 is 20.9 Å². The number of benzene rings is 1. The summed E-state index contributed by atoms with van der Waals surface area (Å²) in [6, 6.07) is 3.37. The quantitative estimate of drug-likeness (QED) is 0.622. The lowest BCUT2D eigenvalue weighted by atomic mass is 9.93. The van der Waals surface area contributed by atoms with Crippen molar-refractivity contribution in [3.8, 4) is 5.75 Å². The maximum atomic E-state index is 10.9. The van der Waals surface area contributed by atoms with E-state index in [2.05, 4.69) is 9.97 Å². The van der Waals surface area contributed by atoms with Gasteiger partial charge in [-0.2, -0.15) is 0 Å². The molecule has 0 saturated carbocycles. The number of aromatic hydroxyl groups is 1. The third-order valence-corrected chi connectivity index (χ3v) is 2.69. The van der Waals surface area contributed by atoms with Gasteiger partial charge in [-0.25, -0.2) is 4.98 Å². The first-order chi connectivity index (χ1) is 7.92. The van der Waals surface area contributed by atoms with Gasteiger partial charge in [0.15, 0.2) is 0 Å². The van der Waals surface area contributed by atoms with Crippen molar-refractivity contribution in [2.45, 2.75) is 18.9 Å². The van der Waals surface area contributed by atoms with Crippen LogP contribution in [0.4, 0.5) is 0 Å². The predicted octanol–water partition coefficient (Wildman–Crippen LogP) is 0.613. The highest BCUT2D eigenvalue weighted by Gasteiger charge is 2.29. The van der Waals surface area contributed by atoms with E-state index in [1.807, 2.05) is 0 Å². The van der Waals surface area contributed by atoms with E-state index in [4.69, 9.17) is 10.8 Å². The lowest BCUT2D eigenvalue weighted by molar-refractivity contribution is -0.142. The molecule has 0 aliphatic rings. The second kappa shape index (κ2) is 3.74. The largest absolute Gasteiger partial charge is 0.505 e. The van der Waals surface area contributed by atoms with Crippen molar-refractivity contribution in [3.63, 3.8) is 0 Å². The highest BCUT2D eigenvalue weighted by molar-refractivity contribution is 5.83. The van der Waals surface area contributed by atoms with Gasteiger partial charge in [0, 0.05) is 6.42 Å². The third kappa shape index (κ3) is 1.94. The number of carboxylic acid groups (broad SMARTS) is 1. The molecule has 0 amide bonds. The summed E-state index contributed by atoms with van der Waals surface area (Å²) in [6.07, 6.45) is 1.50. The lowest BCUT2D eigenvalue weighted by Crippen LogP contribution is -2.46. The van der Waals surface area contributed by atoms with Crippen LogP contribution in [0.5, 0.6) is 5.75 Å². The predicted molar refractivity (Wildman–Crippen MR) is 61.7 cm³/mol. The number of imidazole rings is 1. The number of aromatic nitrogens is 2. The molecule has 0 bridgehead atoms. The molecule has 1 aromatic heterocycles. The molecule has 1 aromatic carbocycles. The van der Waals surface area contributed by atoms with Crippen LogP contribution in [-0.2, 0) is 11.2 Å². The first-order valence-corrected chi connectivity index (χ1v) is 5.08. The Kier molecular flexibility index (Phi) is 2.51. The van der Waals surface area contributed by atoms with Crippen LogP contribution < -0.4 is 5.73 Å².